The number of fused-ring (bicyclic) bond motifs is 1. The van der Waals surface area contributed by atoms with Crippen LogP contribution in [-0.2, 0) is 0 Å². The van der Waals surface area contributed by atoms with Crippen LogP contribution in [0.4, 0.5) is 5.69 Å². The van der Waals surface area contributed by atoms with Crippen molar-refractivity contribution >= 4 is 33.0 Å². The zero-order chi connectivity index (χ0) is 18.4. The van der Waals surface area contributed by atoms with Gasteiger partial charge in [0.1, 0.15) is 9.71 Å². The van der Waals surface area contributed by atoms with Crippen LogP contribution in [0.2, 0.25) is 0 Å². The molecule has 26 heavy (non-hydrogen) atoms. The van der Waals surface area contributed by atoms with Gasteiger partial charge in [-0.3, -0.25) is 9.32 Å². The van der Waals surface area contributed by atoms with E-state index in [-0.39, 0.29) is 10.6 Å². The molecular weight excluding hydrogens is 352 g/mol. The quantitative estimate of drug-likeness (QED) is 0.427. The highest BCUT2D eigenvalue weighted by atomic mass is 32.1. The molecule has 0 amide bonds. The molecule has 4 aromatic rings. The largest absolute Gasteiger partial charge is 0.439 e. The molecule has 130 valence electrons. The first-order valence-corrected chi connectivity index (χ1v) is 8.68. The number of nitrogens with one attached hydrogen (secondary N) is 1. The molecule has 0 spiro atoms. The van der Waals surface area contributed by atoms with E-state index in [2.05, 4.69) is 10.3 Å². The van der Waals surface area contributed by atoms with Gasteiger partial charge >= 0.3 is 11.3 Å². The Morgan fingerprint density at radius 3 is 2.65 bits per heavy atom. The summed E-state index contributed by atoms with van der Waals surface area (Å²) in [6, 6.07) is 11.0. The number of aromatic nitrogens is 3. The summed E-state index contributed by atoms with van der Waals surface area (Å²) in [7, 11) is 0. The standard InChI is InChI=1S/C18H14N4O3S/c1-9-3-6-11(7-4-9)22-14(18(24)25-21-22)15(23)16-13(19)12-8-5-10(2)20-17(12)26-16/h3-8H,1-2H3,(H2-,19,21,23,24)/p+1. The van der Waals surface area contributed by atoms with Crippen LogP contribution >= 0.6 is 11.3 Å². The Balaban J connectivity index is 1.88. The molecule has 0 saturated heterocycles. The lowest BCUT2D eigenvalue weighted by Crippen LogP contribution is -2.41. The van der Waals surface area contributed by atoms with Crippen LogP contribution in [0.25, 0.3) is 15.9 Å². The van der Waals surface area contributed by atoms with E-state index < -0.39 is 11.4 Å². The number of nitrogens with zero attached hydrogens (tertiary/aromatic N) is 2. The number of benzene rings is 1. The van der Waals surface area contributed by atoms with Crippen molar-refractivity contribution in [1.82, 2.24) is 10.3 Å². The zero-order valence-corrected chi connectivity index (χ0v) is 14.9. The van der Waals surface area contributed by atoms with E-state index >= 15 is 0 Å². The molecule has 0 saturated carbocycles. The molecule has 3 aromatic heterocycles. The van der Waals surface area contributed by atoms with E-state index in [1.54, 1.807) is 12.1 Å². The van der Waals surface area contributed by atoms with E-state index in [9.17, 15) is 9.59 Å². The van der Waals surface area contributed by atoms with Gasteiger partial charge in [0.15, 0.2) is 0 Å². The predicted molar refractivity (Wildman–Crippen MR) is 97.8 cm³/mol. The number of ketones is 1. The second-order valence-electron chi connectivity index (χ2n) is 5.98. The van der Waals surface area contributed by atoms with Crippen LogP contribution < -0.4 is 16.0 Å². The number of rotatable bonds is 3. The number of aryl methyl sites for hydroxylation is 2. The minimum atomic E-state index is -0.753. The first kappa shape index (κ1) is 16.2. The van der Waals surface area contributed by atoms with Crippen LogP contribution in [0, 0.1) is 13.8 Å². The lowest BCUT2D eigenvalue weighted by atomic mass is 10.1. The Labute approximate surface area is 151 Å². The Kier molecular flexibility index (Phi) is 3.69. The summed E-state index contributed by atoms with van der Waals surface area (Å²) in [6.45, 7) is 3.81. The summed E-state index contributed by atoms with van der Waals surface area (Å²) in [5, 5.41) is 3.18. The van der Waals surface area contributed by atoms with Gasteiger partial charge in [-0.05, 0) is 35.9 Å². The molecule has 0 bridgehead atoms. The molecular formula is C18H15N4O3S+. The number of hydrogen-bond acceptors (Lipinski definition) is 6. The van der Waals surface area contributed by atoms with Crippen molar-refractivity contribution in [3.8, 4) is 5.69 Å². The zero-order valence-electron chi connectivity index (χ0n) is 14.1. The summed E-state index contributed by atoms with van der Waals surface area (Å²) < 4.78 is 6.19. The SMILES string of the molecule is Cc1ccc(-[n+]2[nH]oc(=O)c2C(=O)c2sc3nc(C)ccc3c2N)cc1. The van der Waals surface area contributed by atoms with Gasteiger partial charge in [0.05, 0.1) is 5.69 Å². The number of nitrogen functional groups attached to an aromatic ring is 1. The average molecular weight is 367 g/mol. The minimum absolute atomic E-state index is 0.135. The summed E-state index contributed by atoms with van der Waals surface area (Å²) in [5.41, 5.74) is 8.08. The molecule has 0 aliphatic carbocycles. The molecule has 7 nitrogen and oxygen atoms in total. The van der Waals surface area contributed by atoms with Crippen LogP contribution in [0.15, 0.2) is 45.7 Å². The van der Waals surface area contributed by atoms with Gasteiger partial charge in [-0.15, -0.1) is 11.3 Å². The molecule has 3 N–H and O–H groups in total. The number of nitrogens with two attached hydrogens (primary N) is 1. The number of anilines is 1. The van der Waals surface area contributed by atoms with E-state index in [4.69, 9.17) is 10.3 Å². The van der Waals surface area contributed by atoms with Gasteiger partial charge in [-0.25, -0.2) is 9.78 Å². The predicted octanol–water partition coefficient (Wildman–Crippen LogP) is 2.28. The number of carbonyl (C=O) groups excluding carboxylic acids is 1. The molecule has 3 heterocycles. The van der Waals surface area contributed by atoms with Crippen molar-refractivity contribution in [1.29, 1.82) is 0 Å². The maximum absolute atomic E-state index is 13.1. The van der Waals surface area contributed by atoms with Crippen molar-refractivity contribution in [2.45, 2.75) is 13.8 Å². The van der Waals surface area contributed by atoms with Gasteiger partial charge in [-0.2, -0.15) is 0 Å². The van der Waals surface area contributed by atoms with Gasteiger partial charge in [-0.1, -0.05) is 17.7 Å². The number of carbonyl (C=O) groups is 1. The van der Waals surface area contributed by atoms with Crippen LogP contribution in [0.5, 0.6) is 0 Å². The summed E-state index contributed by atoms with van der Waals surface area (Å²) in [6.07, 6.45) is 0. The van der Waals surface area contributed by atoms with Gasteiger partial charge < -0.3 is 5.73 Å². The monoisotopic (exact) mass is 367 g/mol. The highest BCUT2D eigenvalue weighted by molar-refractivity contribution is 7.21. The van der Waals surface area contributed by atoms with Crippen molar-refractivity contribution in [2.75, 3.05) is 5.73 Å². The van der Waals surface area contributed by atoms with Crippen LogP contribution in [0.1, 0.15) is 26.6 Å². The van der Waals surface area contributed by atoms with E-state index in [1.807, 2.05) is 38.1 Å². The number of pyridine rings is 1. The fraction of sp³-hybridized carbons (Fsp3) is 0.111. The van der Waals surface area contributed by atoms with E-state index in [0.29, 0.717) is 21.6 Å². The first-order valence-electron chi connectivity index (χ1n) is 7.86. The smallest absolute Gasteiger partial charge is 0.397 e. The van der Waals surface area contributed by atoms with Crippen molar-refractivity contribution in [2.24, 2.45) is 0 Å². The maximum Gasteiger partial charge on any atom is 0.439 e. The third kappa shape index (κ3) is 2.51. The molecule has 8 heteroatoms. The van der Waals surface area contributed by atoms with Crippen molar-refractivity contribution in [3.05, 3.63) is 68.6 Å². The third-order valence-corrected chi connectivity index (χ3v) is 5.21. The average Bonchev–Trinajstić information content (AvgIpc) is 3.15. The molecule has 1 aromatic carbocycles. The summed E-state index contributed by atoms with van der Waals surface area (Å²) in [4.78, 5) is 30.6. The highest BCUT2D eigenvalue weighted by Gasteiger charge is 2.34. The van der Waals surface area contributed by atoms with E-state index in [0.717, 1.165) is 11.3 Å². The molecule has 0 radical (unpaired) electrons. The van der Waals surface area contributed by atoms with Crippen molar-refractivity contribution < 1.29 is 14.0 Å². The van der Waals surface area contributed by atoms with Gasteiger partial charge in [0.2, 0.25) is 5.69 Å². The normalized spacial score (nSPS) is 11.2. The number of aromatic amines is 1. The number of H-pyrrole nitrogens is 1. The Morgan fingerprint density at radius 1 is 1.19 bits per heavy atom. The summed E-state index contributed by atoms with van der Waals surface area (Å²) >= 11 is 1.17. The molecule has 4 rings (SSSR count). The minimum Gasteiger partial charge on any atom is -0.397 e. The molecule has 0 aliphatic rings. The third-order valence-electron chi connectivity index (χ3n) is 4.09. The Morgan fingerprint density at radius 2 is 1.92 bits per heavy atom. The van der Waals surface area contributed by atoms with Crippen LogP contribution in [0.3, 0.4) is 0 Å². The lowest BCUT2D eigenvalue weighted by molar-refractivity contribution is -0.672. The maximum atomic E-state index is 13.1. The molecule has 0 fully saturated rings. The fourth-order valence-corrected chi connectivity index (χ4v) is 3.79. The van der Waals surface area contributed by atoms with E-state index in [1.165, 1.54) is 16.0 Å². The van der Waals surface area contributed by atoms with Crippen LogP contribution in [-0.4, -0.2) is 16.0 Å². The fourth-order valence-electron chi connectivity index (χ4n) is 2.71. The van der Waals surface area contributed by atoms with Gasteiger partial charge in [0.25, 0.3) is 5.78 Å². The summed E-state index contributed by atoms with van der Waals surface area (Å²) in [5.74, 6) is -0.501. The number of thiophene rings is 1. The Hall–Kier alpha value is -3.26. The molecule has 0 atom stereocenters. The lowest BCUT2D eigenvalue weighted by Gasteiger charge is -1.96. The highest BCUT2D eigenvalue weighted by Crippen LogP contribution is 2.33. The van der Waals surface area contributed by atoms with Crippen molar-refractivity contribution in [3.63, 3.8) is 0 Å². The molecule has 0 unspecified atom stereocenters. The number of hydrogen-bond donors (Lipinski definition) is 2. The topological polar surface area (TPSA) is 106 Å². The molecule has 0 aliphatic heterocycles. The second kappa shape index (κ2) is 5.92. The second-order valence-corrected chi connectivity index (χ2v) is 6.98. The van der Waals surface area contributed by atoms with Gasteiger partial charge in [0, 0.05) is 23.2 Å². The Bertz CT molecular complexity index is 1200. The first-order chi connectivity index (χ1) is 12.5.